The van der Waals surface area contributed by atoms with Crippen LogP contribution in [0.1, 0.15) is 15.9 Å². The van der Waals surface area contributed by atoms with E-state index in [0.717, 1.165) is 5.39 Å². The van der Waals surface area contributed by atoms with Gasteiger partial charge in [0.05, 0.1) is 18.3 Å². The zero-order valence-electron chi connectivity index (χ0n) is 10.4. The number of esters is 1. The molecule has 4 nitrogen and oxygen atoms in total. The van der Waals surface area contributed by atoms with Crippen LogP contribution in [0, 0.1) is 12.7 Å². The predicted molar refractivity (Wildman–Crippen MR) is 67.3 cm³/mol. The van der Waals surface area contributed by atoms with Crippen LogP contribution in [-0.2, 0) is 4.74 Å². The molecule has 0 fully saturated rings. The Bertz CT molecular complexity index is 626. The minimum absolute atomic E-state index is 0.335. The molecular formula is C13H13FN2O2. The molecule has 2 aromatic rings. The van der Waals surface area contributed by atoms with Gasteiger partial charge in [-0.3, -0.25) is 4.98 Å². The Kier molecular flexibility index (Phi) is 3.14. The van der Waals surface area contributed by atoms with E-state index in [1.165, 1.54) is 25.4 Å². The highest BCUT2D eigenvalue weighted by Gasteiger charge is 2.16. The van der Waals surface area contributed by atoms with Gasteiger partial charge < -0.3 is 10.1 Å². The molecular weight excluding hydrogens is 235 g/mol. The summed E-state index contributed by atoms with van der Waals surface area (Å²) < 4.78 is 18.0. The Balaban J connectivity index is 2.83. The SMILES string of the molecule is CNc1c(C(=O)OC)cnc2cc(F)cc(C)c12. The van der Waals surface area contributed by atoms with Crippen molar-refractivity contribution >= 4 is 22.6 Å². The number of ether oxygens (including phenoxy) is 1. The standard InChI is InChI=1S/C13H13FN2O2/c1-7-4-8(14)5-10-11(7)12(15-2)9(6-16-10)13(17)18-3/h4-6H,1-3H3,(H,15,16). The van der Waals surface area contributed by atoms with Crippen molar-refractivity contribution in [3.63, 3.8) is 0 Å². The lowest BCUT2D eigenvalue weighted by atomic mass is 10.0. The quantitative estimate of drug-likeness (QED) is 0.830. The highest BCUT2D eigenvalue weighted by molar-refractivity contribution is 6.05. The van der Waals surface area contributed by atoms with Gasteiger partial charge in [0, 0.05) is 24.7 Å². The Hall–Kier alpha value is -2.17. The molecule has 94 valence electrons. The molecule has 1 heterocycles. The van der Waals surface area contributed by atoms with Crippen molar-refractivity contribution in [2.75, 3.05) is 19.5 Å². The number of hydrogen-bond donors (Lipinski definition) is 1. The molecule has 18 heavy (non-hydrogen) atoms. The molecule has 0 aliphatic heterocycles. The fourth-order valence-electron chi connectivity index (χ4n) is 2.01. The van der Waals surface area contributed by atoms with Crippen LogP contribution in [0.3, 0.4) is 0 Å². The average molecular weight is 248 g/mol. The third-order valence-electron chi connectivity index (χ3n) is 2.79. The number of carbonyl (C=O) groups excluding carboxylic acids is 1. The predicted octanol–water partition coefficient (Wildman–Crippen LogP) is 2.51. The van der Waals surface area contributed by atoms with Gasteiger partial charge in [0.2, 0.25) is 0 Å². The van der Waals surface area contributed by atoms with Gasteiger partial charge in [-0.05, 0) is 18.6 Å². The number of nitrogens with zero attached hydrogens (tertiary/aromatic N) is 1. The molecule has 0 saturated carbocycles. The molecule has 0 atom stereocenters. The summed E-state index contributed by atoms with van der Waals surface area (Å²) in [5.41, 5.74) is 2.16. The fraction of sp³-hybridized carbons (Fsp3) is 0.231. The van der Waals surface area contributed by atoms with Gasteiger partial charge in [-0.15, -0.1) is 0 Å². The zero-order chi connectivity index (χ0) is 13.3. The van der Waals surface area contributed by atoms with Crippen LogP contribution >= 0.6 is 0 Å². The van der Waals surface area contributed by atoms with Crippen LogP contribution in [0.2, 0.25) is 0 Å². The van der Waals surface area contributed by atoms with Crippen LogP contribution in [0.25, 0.3) is 10.9 Å². The number of pyridine rings is 1. The molecule has 0 aliphatic carbocycles. The van der Waals surface area contributed by atoms with Crippen molar-refractivity contribution in [2.24, 2.45) is 0 Å². The Morgan fingerprint density at radius 3 is 2.78 bits per heavy atom. The van der Waals surface area contributed by atoms with Gasteiger partial charge in [0.15, 0.2) is 0 Å². The van der Waals surface area contributed by atoms with Crippen molar-refractivity contribution in [1.29, 1.82) is 0 Å². The molecule has 0 unspecified atom stereocenters. The van der Waals surface area contributed by atoms with Crippen molar-refractivity contribution in [2.45, 2.75) is 6.92 Å². The smallest absolute Gasteiger partial charge is 0.341 e. The van der Waals surface area contributed by atoms with Crippen molar-refractivity contribution in [1.82, 2.24) is 4.98 Å². The number of carbonyl (C=O) groups is 1. The van der Waals surface area contributed by atoms with E-state index in [-0.39, 0.29) is 5.82 Å². The molecule has 1 aromatic heterocycles. The molecule has 0 radical (unpaired) electrons. The number of methoxy groups -OCH3 is 1. The van der Waals surface area contributed by atoms with Crippen LogP contribution in [0.5, 0.6) is 0 Å². The molecule has 2 rings (SSSR count). The van der Waals surface area contributed by atoms with Gasteiger partial charge >= 0.3 is 5.97 Å². The van der Waals surface area contributed by atoms with E-state index in [2.05, 4.69) is 10.3 Å². The summed E-state index contributed by atoms with van der Waals surface area (Å²) in [5.74, 6) is -0.821. The molecule has 1 N–H and O–H groups in total. The summed E-state index contributed by atoms with van der Waals surface area (Å²) in [6.07, 6.45) is 1.39. The first-order valence-corrected chi connectivity index (χ1v) is 5.43. The number of aryl methyl sites for hydroxylation is 1. The lowest BCUT2D eigenvalue weighted by Crippen LogP contribution is -2.07. The molecule has 0 amide bonds. The van der Waals surface area contributed by atoms with Gasteiger partial charge in [-0.25, -0.2) is 9.18 Å². The van der Waals surface area contributed by atoms with Gasteiger partial charge in [0.1, 0.15) is 11.4 Å². The summed E-state index contributed by atoms with van der Waals surface area (Å²) in [6, 6.07) is 2.75. The molecule has 0 spiro atoms. The number of aromatic nitrogens is 1. The first-order valence-electron chi connectivity index (χ1n) is 5.43. The highest BCUT2D eigenvalue weighted by atomic mass is 19.1. The lowest BCUT2D eigenvalue weighted by molar-refractivity contribution is 0.0601. The first kappa shape index (κ1) is 12.3. The Morgan fingerprint density at radius 1 is 1.44 bits per heavy atom. The second kappa shape index (κ2) is 4.60. The zero-order valence-corrected chi connectivity index (χ0v) is 10.4. The molecule has 0 bridgehead atoms. The number of anilines is 1. The number of nitrogens with one attached hydrogen (secondary N) is 1. The number of fused-ring (bicyclic) bond motifs is 1. The van der Waals surface area contributed by atoms with Crippen molar-refractivity contribution in [3.8, 4) is 0 Å². The van der Waals surface area contributed by atoms with Gasteiger partial charge in [-0.1, -0.05) is 0 Å². The largest absolute Gasteiger partial charge is 0.465 e. The third kappa shape index (κ3) is 1.88. The maximum absolute atomic E-state index is 13.3. The maximum atomic E-state index is 13.3. The number of benzene rings is 1. The normalized spacial score (nSPS) is 10.4. The fourth-order valence-corrected chi connectivity index (χ4v) is 2.01. The summed E-state index contributed by atoms with van der Waals surface area (Å²) in [4.78, 5) is 15.7. The molecule has 1 aromatic carbocycles. The van der Waals surface area contributed by atoms with Crippen molar-refractivity contribution < 1.29 is 13.9 Å². The van der Waals surface area contributed by atoms with Crippen LogP contribution in [0.4, 0.5) is 10.1 Å². The molecule has 0 saturated heterocycles. The van der Waals surface area contributed by atoms with Crippen molar-refractivity contribution in [3.05, 3.63) is 35.3 Å². The minimum Gasteiger partial charge on any atom is -0.465 e. The van der Waals surface area contributed by atoms with E-state index >= 15 is 0 Å². The second-order valence-corrected chi connectivity index (χ2v) is 3.91. The Morgan fingerprint density at radius 2 is 2.17 bits per heavy atom. The first-order chi connectivity index (χ1) is 8.58. The van der Waals surface area contributed by atoms with E-state index < -0.39 is 5.97 Å². The van der Waals surface area contributed by atoms with Gasteiger partial charge in [-0.2, -0.15) is 0 Å². The van der Waals surface area contributed by atoms with Gasteiger partial charge in [0.25, 0.3) is 0 Å². The summed E-state index contributed by atoms with van der Waals surface area (Å²) in [6.45, 7) is 1.77. The van der Waals surface area contributed by atoms with Crippen LogP contribution in [-0.4, -0.2) is 25.1 Å². The topological polar surface area (TPSA) is 51.2 Å². The summed E-state index contributed by atoms with van der Waals surface area (Å²) in [7, 11) is 3.01. The maximum Gasteiger partial charge on any atom is 0.341 e. The van der Waals surface area contributed by atoms with Crippen LogP contribution in [0.15, 0.2) is 18.3 Å². The highest BCUT2D eigenvalue weighted by Crippen LogP contribution is 2.29. The second-order valence-electron chi connectivity index (χ2n) is 3.91. The lowest BCUT2D eigenvalue weighted by Gasteiger charge is -2.12. The number of rotatable bonds is 2. The van der Waals surface area contributed by atoms with E-state index in [1.807, 2.05) is 0 Å². The monoisotopic (exact) mass is 248 g/mol. The minimum atomic E-state index is -0.475. The summed E-state index contributed by atoms with van der Waals surface area (Å²) >= 11 is 0. The van der Waals surface area contributed by atoms with E-state index in [4.69, 9.17) is 4.74 Å². The number of halogens is 1. The third-order valence-corrected chi connectivity index (χ3v) is 2.79. The molecule has 5 heteroatoms. The average Bonchev–Trinajstić information content (AvgIpc) is 2.36. The van der Waals surface area contributed by atoms with E-state index in [1.54, 1.807) is 14.0 Å². The summed E-state index contributed by atoms with van der Waals surface area (Å²) in [5, 5.41) is 3.67. The van der Waals surface area contributed by atoms with E-state index in [9.17, 15) is 9.18 Å². The van der Waals surface area contributed by atoms with Crippen LogP contribution < -0.4 is 5.32 Å². The Labute approximate surface area is 104 Å². The van der Waals surface area contributed by atoms with E-state index in [0.29, 0.717) is 22.3 Å². The molecule has 0 aliphatic rings. The number of hydrogen-bond acceptors (Lipinski definition) is 4.